The Balaban J connectivity index is 1.88. The van der Waals surface area contributed by atoms with Crippen molar-refractivity contribution < 1.29 is 28.8 Å². The van der Waals surface area contributed by atoms with Crippen molar-refractivity contribution in [2.75, 3.05) is 0 Å². The second kappa shape index (κ2) is 5.49. The molecule has 6 nitrogen and oxygen atoms in total. The van der Waals surface area contributed by atoms with Crippen molar-refractivity contribution in [1.29, 1.82) is 0 Å². The fourth-order valence-corrected chi connectivity index (χ4v) is 3.52. The van der Waals surface area contributed by atoms with Crippen molar-refractivity contribution >= 4 is 34.7 Å². The van der Waals surface area contributed by atoms with Crippen LogP contribution >= 0.6 is 0 Å². The molecule has 0 amide bonds. The third kappa shape index (κ3) is 1.99. The third-order valence-corrected chi connectivity index (χ3v) is 4.79. The lowest BCUT2D eigenvalue weighted by atomic mass is 9.67. The van der Waals surface area contributed by atoms with Gasteiger partial charge < -0.3 is 0 Å². The van der Waals surface area contributed by atoms with Crippen LogP contribution in [0.4, 0.5) is 0 Å². The van der Waals surface area contributed by atoms with Crippen LogP contribution in [0.1, 0.15) is 41.4 Å². The van der Waals surface area contributed by atoms with E-state index in [-0.39, 0.29) is 22.3 Å². The van der Waals surface area contributed by atoms with Crippen LogP contribution in [0.25, 0.3) is 0 Å². The van der Waals surface area contributed by atoms with Gasteiger partial charge in [0.05, 0.1) is 0 Å². The molecule has 2 aromatic rings. The smallest absolute Gasteiger partial charge is 0.230 e. The number of rotatable bonds is 1. The molecule has 0 aliphatic heterocycles. The predicted molar refractivity (Wildman–Crippen MR) is 87.2 cm³/mol. The SMILES string of the molecule is O=C1C(=O)C(C2C(=O)C(=O)c3ccccc3C2=O)C(=O)c2ccccc21. The van der Waals surface area contributed by atoms with E-state index in [0.29, 0.717) is 0 Å². The van der Waals surface area contributed by atoms with Crippen molar-refractivity contribution in [1.82, 2.24) is 0 Å². The fourth-order valence-electron chi connectivity index (χ4n) is 3.52. The van der Waals surface area contributed by atoms with Gasteiger partial charge in [-0.25, -0.2) is 0 Å². The number of benzene rings is 2. The molecule has 4 rings (SSSR count). The molecule has 2 atom stereocenters. The van der Waals surface area contributed by atoms with Crippen LogP contribution in [0.5, 0.6) is 0 Å². The van der Waals surface area contributed by atoms with E-state index >= 15 is 0 Å². The third-order valence-electron chi connectivity index (χ3n) is 4.79. The lowest BCUT2D eigenvalue weighted by Gasteiger charge is -2.29. The number of fused-ring (bicyclic) bond motifs is 2. The monoisotopic (exact) mass is 346 g/mol. The summed E-state index contributed by atoms with van der Waals surface area (Å²) in [4.78, 5) is 75.3. The first kappa shape index (κ1) is 16.0. The molecule has 0 aromatic heterocycles. The molecule has 0 fully saturated rings. The highest BCUT2D eigenvalue weighted by atomic mass is 16.2. The summed E-state index contributed by atoms with van der Waals surface area (Å²) >= 11 is 0. The van der Waals surface area contributed by atoms with Crippen LogP contribution in [-0.2, 0) is 9.59 Å². The fraction of sp³-hybridized carbons (Fsp3) is 0.100. The Morgan fingerprint density at radius 1 is 0.423 bits per heavy atom. The molecule has 0 bridgehead atoms. The summed E-state index contributed by atoms with van der Waals surface area (Å²) in [6.07, 6.45) is 0. The van der Waals surface area contributed by atoms with Gasteiger partial charge in [-0.2, -0.15) is 0 Å². The van der Waals surface area contributed by atoms with Crippen LogP contribution in [0, 0.1) is 11.8 Å². The second-order valence-corrected chi connectivity index (χ2v) is 6.16. The molecule has 26 heavy (non-hydrogen) atoms. The van der Waals surface area contributed by atoms with Gasteiger partial charge in [-0.1, -0.05) is 48.5 Å². The van der Waals surface area contributed by atoms with Crippen molar-refractivity contribution in [3.05, 3.63) is 70.8 Å². The number of hydrogen-bond donors (Lipinski definition) is 0. The van der Waals surface area contributed by atoms with Gasteiger partial charge in [0.1, 0.15) is 11.8 Å². The van der Waals surface area contributed by atoms with E-state index in [1.54, 1.807) is 0 Å². The molecular formula is C20H10O6. The molecule has 0 saturated carbocycles. The first-order valence-corrected chi connectivity index (χ1v) is 7.87. The Morgan fingerprint density at radius 3 is 1.08 bits per heavy atom. The van der Waals surface area contributed by atoms with Gasteiger partial charge in [-0.15, -0.1) is 0 Å². The summed E-state index contributed by atoms with van der Waals surface area (Å²) in [5, 5.41) is 0. The van der Waals surface area contributed by atoms with Crippen LogP contribution < -0.4 is 0 Å². The minimum atomic E-state index is -1.80. The molecule has 2 aliphatic rings. The van der Waals surface area contributed by atoms with E-state index in [9.17, 15) is 28.8 Å². The predicted octanol–water partition coefficient (Wildman–Crippen LogP) is 1.52. The van der Waals surface area contributed by atoms with E-state index in [4.69, 9.17) is 0 Å². The van der Waals surface area contributed by atoms with E-state index in [2.05, 4.69) is 0 Å². The van der Waals surface area contributed by atoms with E-state index in [0.717, 1.165) is 0 Å². The zero-order valence-corrected chi connectivity index (χ0v) is 13.2. The van der Waals surface area contributed by atoms with Crippen molar-refractivity contribution in [3.8, 4) is 0 Å². The maximum atomic E-state index is 12.8. The minimum Gasteiger partial charge on any atom is -0.293 e. The van der Waals surface area contributed by atoms with Crippen molar-refractivity contribution in [2.45, 2.75) is 0 Å². The zero-order valence-electron chi connectivity index (χ0n) is 13.2. The van der Waals surface area contributed by atoms with Gasteiger partial charge in [-0.3, -0.25) is 28.8 Å². The maximum absolute atomic E-state index is 12.8. The highest BCUT2D eigenvalue weighted by Gasteiger charge is 2.53. The topological polar surface area (TPSA) is 102 Å². The summed E-state index contributed by atoms with van der Waals surface area (Å²) in [6.45, 7) is 0. The Kier molecular flexibility index (Phi) is 3.37. The quantitative estimate of drug-likeness (QED) is 0.573. The zero-order chi connectivity index (χ0) is 18.6. The molecule has 0 spiro atoms. The average Bonchev–Trinajstić information content (AvgIpc) is 2.67. The highest BCUT2D eigenvalue weighted by molar-refractivity contribution is 6.57. The van der Waals surface area contributed by atoms with Gasteiger partial charge in [0.2, 0.25) is 23.1 Å². The van der Waals surface area contributed by atoms with Gasteiger partial charge in [0, 0.05) is 22.3 Å². The number of hydrogen-bond acceptors (Lipinski definition) is 6. The summed E-state index contributed by atoms with van der Waals surface area (Å²) in [7, 11) is 0. The Morgan fingerprint density at radius 2 is 0.731 bits per heavy atom. The molecule has 126 valence electrons. The Hall–Kier alpha value is -3.54. The van der Waals surface area contributed by atoms with Crippen LogP contribution in [0.2, 0.25) is 0 Å². The molecule has 0 heterocycles. The number of Topliss-reactive ketones (excluding diaryl/α,β-unsaturated/α-hetero) is 6. The first-order chi connectivity index (χ1) is 12.4. The molecular weight excluding hydrogens is 336 g/mol. The largest absolute Gasteiger partial charge is 0.293 e. The maximum Gasteiger partial charge on any atom is 0.230 e. The van der Waals surface area contributed by atoms with Crippen molar-refractivity contribution in [3.63, 3.8) is 0 Å². The van der Waals surface area contributed by atoms with Crippen LogP contribution in [0.15, 0.2) is 48.5 Å². The van der Waals surface area contributed by atoms with Gasteiger partial charge in [0.25, 0.3) is 0 Å². The molecule has 2 aliphatic carbocycles. The molecule has 0 saturated heterocycles. The highest BCUT2D eigenvalue weighted by Crippen LogP contribution is 2.34. The second-order valence-electron chi connectivity index (χ2n) is 6.16. The molecule has 6 heteroatoms. The Bertz CT molecular complexity index is 976. The molecule has 0 radical (unpaired) electrons. The van der Waals surface area contributed by atoms with E-state index in [1.165, 1.54) is 48.5 Å². The molecule has 2 aromatic carbocycles. The number of carbonyl (C=O) groups excluding carboxylic acids is 6. The van der Waals surface area contributed by atoms with Crippen LogP contribution in [-0.4, -0.2) is 34.7 Å². The van der Waals surface area contributed by atoms with Crippen molar-refractivity contribution in [2.24, 2.45) is 11.8 Å². The van der Waals surface area contributed by atoms with Gasteiger partial charge in [-0.05, 0) is 0 Å². The lowest BCUT2D eigenvalue weighted by Crippen LogP contribution is -2.50. The normalized spacial score (nSPS) is 22.3. The summed E-state index contributed by atoms with van der Waals surface area (Å²) in [5.41, 5.74) is -0.148. The van der Waals surface area contributed by atoms with E-state index < -0.39 is 46.5 Å². The molecule has 0 N–H and O–H groups in total. The standard InChI is InChI=1S/C20H10O6/c21-15-9-5-1-3-7-11(9)17(23)19(25)13(15)14-16(22)10-6-2-4-8-12(10)18(24)20(14)26/h1-8,13-14H. The molecule has 2 unspecified atom stereocenters. The minimum absolute atomic E-state index is 0.0194. The van der Waals surface area contributed by atoms with E-state index in [1.807, 2.05) is 0 Å². The first-order valence-electron chi connectivity index (χ1n) is 7.87. The average molecular weight is 346 g/mol. The summed E-state index contributed by atoms with van der Waals surface area (Å²) in [5.74, 6) is -9.30. The number of ketones is 6. The van der Waals surface area contributed by atoms with Gasteiger partial charge in [0.15, 0.2) is 11.6 Å². The van der Waals surface area contributed by atoms with Crippen LogP contribution in [0.3, 0.4) is 0 Å². The Labute approximate surface area is 146 Å². The lowest BCUT2D eigenvalue weighted by molar-refractivity contribution is -0.125. The summed E-state index contributed by atoms with van der Waals surface area (Å²) in [6, 6.07) is 11.5. The number of carbonyl (C=O) groups is 6. The van der Waals surface area contributed by atoms with Gasteiger partial charge >= 0.3 is 0 Å². The summed E-state index contributed by atoms with van der Waals surface area (Å²) < 4.78 is 0.